The Hall–Kier alpha value is -1.35. The molecule has 0 bridgehead atoms. The lowest BCUT2D eigenvalue weighted by Crippen LogP contribution is -2.41. The van der Waals surface area contributed by atoms with E-state index in [1.54, 1.807) is 6.92 Å². The van der Waals surface area contributed by atoms with E-state index < -0.39 is 0 Å². The maximum absolute atomic E-state index is 11.3. The molecule has 1 atom stereocenters. The minimum Gasteiger partial charge on any atom is -0.370 e. The third kappa shape index (κ3) is 2.25. The van der Waals surface area contributed by atoms with Crippen LogP contribution < -0.4 is 0 Å². The van der Waals surface area contributed by atoms with Gasteiger partial charge in [0.15, 0.2) is 0 Å². The second-order valence-electron chi connectivity index (χ2n) is 4.18. The number of ether oxygens (including phenoxy) is 1. The van der Waals surface area contributed by atoms with E-state index in [1.165, 1.54) is 11.1 Å². The Balaban J connectivity index is 2.16. The van der Waals surface area contributed by atoms with E-state index in [0.717, 1.165) is 0 Å². The highest BCUT2D eigenvalue weighted by Gasteiger charge is 2.24. The lowest BCUT2D eigenvalue weighted by atomic mass is 10.0. The number of aryl methyl sites for hydroxylation is 1. The summed E-state index contributed by atoms with van der Waals surface area (Å²) in [6.07, 6.45) is 0.0267. The van der Waals surface area contributed by atoms with E-state index in [0.29, 0.717) is 19.7 Å². The maximum atomic E-state index is 11.3. The molecule has 0 aromatic heterocycles. The minimum atomic E-state index is 0.0267. The summed E-state index contributed by atoms with van der Waals surface area (Å²) in [5.41, 5.74) is 2.41. The number of carbonyl (C=O) groups is 1. The Bertz CT molecular complexity index is 389. The molecule has 0 aliphatic carbocycles. The van der Waals surface area contributed by atoms with Crippen LogP contribution in [-0.2, 0) is 9.53 Å². The van der Waals surface area contributed by atoms with Crippen molar-refractivity contribution >= 4 is 5.91 Å². The second-order valence-corrected chi connectivity index (χ2v) is 4.18. The fraction of sp³-hybridized carbons (Fsp3) is 0.462. The highest BCUT2D eigenvalue weighted by Crippen LogP contribution is 2.24. The molecule has 0 radical (unpaired) electrons. The van der Waals surface area contributed by atoms with Gasteiger partial charge >= 0.3 is 0 Å². The van der Waals surface area contributed by atoms with Crippen LogP contribution in [0.4, 0.5) is 0 Å². The molecule has 1 aromatic carbocycles. The SMILES string of the molecule is CC(=O)N1CCO[C@H](c2ccccc2C)C1. The smallest absolute Gasteiger partial charge is 0.219 e. The number of rotatable bonds is 1. The number of hydrogen-bond acceptors (Lipinski definition) is 2. The summed E-state index contributed by atoms with van der Waals surface area (Å²) in [4.78, 5) is 13.2. The van der Waals surface area contributed by atoms with Crippen molar-refractivity contribution in [3.8, 4) is 0 Å². The largest absolute Gasteiger partial charge is 0.370 e. The Morgan fingerprint density at radius 3 is 2.88 bits per heavy atom. The summed E-state index contributed by atoms with van der Waals surface area (Å²) in [6.45, 7) is 5.68. The van der Waals surface area contributed by atoms with Crippen LogP contribution in [0.1, 0.15) is 24.2 Å². The predicted octanol–water partition coefficient (Wildman–Crippen LogP) is 1.91. The first-order chi connectivity index (χ1) is 7.68. The van der Waals surface area contributed by atoms with Gasteiger partial charge in [0.05, 0.1) is 13.2 Å². The first-order valence-corrected chi connectivity index (χ1v) is 5.61. The average Bonchev–Trinajstić information content (AvgIpc) is 2.30. The summed E-state index contributed by atoms with van der Waals surface area (Å²) in [7, 11) is 0. The molecule has 0 spiro atoms. The Labute approximate surface area is 96.0 Å². The van der Waals surface area contributed by atoms with Gasteiger partial charge in [-0.05, 0) is 18.1 Å². The van der Waals surface area contributed by atoms with Crippen molar-refractivity contribution in [2.75, 3.05) is 19.7 Å². The molecule has 1 aliphatic heterocycles. The Kier molecular flexibility index (Phi) is 3.25. The van der Waals surface area contributed by atoms with Gasteiger partial charge in [0.25, 0.3) is 0 Å². The molecule has 0 N–H and O–H groups in total. The molecule has 3 heteroatoms. The lowest BCUT2D eigenvalue weighted by Gasteiger charge is -2.33. The van der Waals surface area contributed by atoms with Crippen LogP contribution in [0.25, 0.3) is 0 Å². The van der Waals surface area contributed by atoms with E-state index in [9.17, 15) is 4.79 Å². The molecule has 16 heavy (non-hydrogen) atoms. The van der Waals surface area contributed by atoms with Crippen molar-refractivity contribution in [2.24, 2.45) is 0 Å². The molecule has 1 aromatic rings. The van der Waals surface area contributed by atoms with Gasteiger partial charge in [-0.15, -0.1) is 0 Å². The molecule has 1 aliphatic rings. The fourth-order valence-electron chi connectivity index (χ4n) is 2.07. The molecule has 1 amide bonds. The third-order valence-electron chi connectivity index (χ3n) is 3.05. The molecule has 2 rings (SSSR count). The molecule has 3 nitrogen and oxygen atoms in total. The van der Waals surface area contributed by atoms with E-state index in [4.69, 9.17) is 4.74 Å². The van der Waals surface area contributed by atoms with Crippen LogP contribution in [-0.4, -0.2) is 30.5 Å². The molecular weight excluding hydrogens is 202 g/mol. The first-order valence-electron chi connectivity index (χ1n) is 5.61. The lowest BCUT2D eigenvalue weighted by molar-refractivity contribution is -0.136. The van der Waals surface area contributed by atoms with Gasteiger partial charge in [0.2, 0.25) is 5.91 Å². The zero-order chi connectivity index (χ0) is 11.5. The summed E-state index contributed by atoms with van der Waals surface area (Å²) >= 11 is 0. The van der Waals surface area contributed by atoms with Crippen LogP contribution in [0.15, 0.2) is 24.3 Å². The highest BCUT2D eigenvalue weighted by atomic mass is 16.5. The van der Waals surface area contributed by atoms with Gasteiger partial charge < -0.3 is 9.64 Å². The van der Waals surface area contributed by atoms with Crippen molar-refractivity contribution in [1.82, 2.24) is 4.90 Å². The second kappa shape index (κ2) is 4.66. The topological polar surface area (TPSA) is 29.5 Å². The maximum Gasteiger partial charge on any atom is 0.219 e. The van der Waals surface area contributed by atoms with Crippen LogP contribution >= 0.6 is 0 Å². The molecule has 1 fully saturated rings. The van der Waals surface area contributed by atoms with E-state index in [2.05, 4.69) is 19.1 Å². The summed E-state index contributed by atoms with van der Waals surface area (Å²) < 4.78 is 5.73. The fourth-order valence-corrected chi connectivity index (χ4v) is 2.07. The van der Waals surface area contributed by atoms with Crippen molar-refractivity contribution in [3.63, 3.8) is 0 Å². The van der Waals surface area contributed by atoms with Crippen LogP contribution in [0.3, 0.4) is 0 Å². The zero-order valence-corrected chi connectivity index (χ0v) is 9.77. The van der Waals surface area contributed by atoms with E-state index in [-0.39, 0.29) is 12.0 Å². The van der Waals surface area contributed by atoms with E-state index >= 15 is 0 Å². The summed E-state index contributed by atoms with van der Waals surface area (Å²) in [5, 5.41) is 0. The van der Waals surface area contributed by atoms with Crippen LogP contribution in [0.2, 0.25) is 0 Å². The van der Waals surface area contributed by atoms with Crippen LogP contribution in [0, 0.1) is 6.92 Å². The number of hydrogen-bond donors (Lipinski definition) is 0. The zero-order valence-electron chi connectivity index (χ0n) is 9.77. The average molecular weight is 219 g/mol. The number of benzene rings is 1. The molecule has 0 unspecified atom stereocenters. The van der Waals surface area contributed by atoms with Gasteiger partial charge in [0, 0.05) is 13.5 Å². The molecule has 1 saturated heterocycles. The predicted molar refractivity (Wildman–Crippen MR) is 62.1 cm³/mol. The Morgan fingerprint density at radius 2 is 2.19 bits per heavy atom. The van der Waals surface area contributed by atoms with Crippen molar-refractivity contribution < 1.29 is 9.53 Å². The van der Waals surface area contributed by atoms with Crippen LogP contribution in [0.5, 0.6) is 0 Å². The van der Waals surface area contributed by atoms with Crippen molar-refractivity contribution in [1.29, 1.82) is 0 Å². The van der Waals surface area contributed by atoms with Gasteiger partial charge in [0.1, 0.15) is 6.10 Å². The quantitative estimate of drug-likeness (QED) is 0.722. The molecule has 86 valence electrons. The molecule has 1 heterocycles. The molecular formula is C13H17NO2. The van der Waals surface area contributed by atoms with E-state index in [1.807, 2.05) is 17.0 Å². The normalized spacial score (nSPS) is 20.9. The van der Waals surface area contributed by atoms with Gasteiger partial charge in [-0.2, -0.15) is 0 Å². The third-order valence-corrected chi connectivity index (χ3v) is 3.05. The van der Waals surface area contributed by atoms with Crippen molar-refractivity contribution in [2.45, 2.75) is 20.0 Å². The first kappa shape index (κ1) is 11.1. The minimum absolute atomic E-state index is 0.0267. The number of carbonyl (C=O) groups excluding carboxylic acids is 1. The molecule has 0 saturated carbocycles. The Morgan fingerprint density at radius 1 is 1.44 bits per heavy atom. The van der Waals surface area contributed by atoms with Gasteiger partial charge in [-0.25, -0.2) is 0 Å². The highest BCUT2D eigenvalue weighted by molar-refractivity contribution is 5.73. The van der Waals surface area contributed by atoms with Gasteiger partial charge in [-0.1, -0.05) is 24.3 Å². The number of amides is 1. The number of nitrogens with zero attached hydrogens (tertiary/aromatic N) is 1. The van der Waals surface area contributed by atoms with Crippen molar-refractivity contribution in [3.05, 3.63) is 35.4 Å². The van der Waals surface area contributed by atoms with Gasteiger partial charge in [-0.3, -0.25) is 4.79 Å². The monoisotopic (exact) mass is 219 g/mol. The number of morpholine rings is 1. The summed E-state index contributed by atoms with van der Waals surface area (Å²) in [6, 6.07) is 8.18. The summed E-state index contributed by atoms with van der Waals surface area (Å²) in [5.74, 6) is 0.127. The standard InChI is InChI=1S/C13H17NO2/c1-10-5-3-4-6-12(10)13-9-14(11(2)15)7-8-16-13/h3-6,13H,7-9H2,1-2H3/t13-/m0/s1.